The first-order valence-electron chi connectivity index (χ1n) is 5.93. The zero-order chi connectivity index (χ0) is 12.3. The predicted octanol–water partition coefficient (Wildman–Crippen LogP) is 3.28. The van der Waals surface area contributed by atoms with Crippen LogP contribution in [-0.2, 0) is 4.74 Å². The number of benzene rings is 1. The summed E-state index contributed by atoms with van der Waals surface area (Å²) in [7, 11) is 0. The fraction of sp³-hybridized carbons (Fsp3) is 0.538. The second kappa shape index (κ2) is 5.94. The van der Waals surface area contributed by atoms with Gasteiger partial charge in [-0.05, 0) is 37.0 Å². The van der Waals surface area contributed by atoms with Crippen LogP contribution in [0.1, 0.15) is 24.9 Å². The third-order valence-corrected chi connectivity index (χ3v) is 3.85. The molecule has 0 spiro atoms. The molecule has 2 atom stereocenters. The summed E-state index contributed by atoms with van der Waals surface area (Å²) < 4.78 is 19.1. The first-order valence-corrected chi connectivity index (χ1v) is 6.72. The van der Waals surface area contributed by atoms with Crippen molar-refractivity contribution in [1.29, 1.82) is 0 Å². The summed E-state index contributed by atoms with van der Waals surface area (Å²) in [5.41, 5.74) is 1.09. The van der Waals surface area contributed by atoms with Gasteiger partial charge >= 0.3 is 0 Å². The number of halogens is 2. The Labute approximate surface area is 110 Å². The molecule has 0 saturated carbocycles. The highest BCUT2D eigenvalue weighted by atomic mass is 79.9. The second-order valence-electron chi connectivity index (χ2n) is 4.53. The summed E-state index contributed by atoms with van der Waals surface area (Å²) in [6.45, 7) is 4.77. The minimum absolute atomic E-state index is 0.211. The molecule has 0 aliphatic carbocycles. The molecule has 4 heteroatoms. The van der Waals surface area contributed by atoms with Gasteiger partial charge in [-0.1, -0.05) is 22.0 Å². The van der Waals surface area contributed by atoms with Crippen molar-refractivity contribution in [2.75, 3.05) is 19.8 Å². The Hall–Kier alpha value is -0.450. The van der Waals surface area contributed by atoms with Crippen LogP contribution in [0.5, 0.6) is 0 Å². The molecular weight excluding hydrogens is 285 g/mol. The molecule has 1 aromatic carbocycles. The minimum Gasteiger partial charge on any atom is -0.381 e. The van der Waals surface area contributed by atoms with Gasteiger partial charge in [0.2, 0.25) is 0 Å². The number of hydrogen-bond acceptors (Lipinski definition) is 2. The molecule has 2 rings (SSSR count). The summed E-state index contributed by atoms with van der Waals surface area (Å²) in [6.07, 6.45) is 1.13. The Bertz CT molecular complexity index is 380. The molecule has 94 valence electrons. The summed E-state index contributed by atoms with van der Waals surface area (Å²) in [4.78, 5) is 0. The molecule has 2 nitrogen and oxygen atoms in total. The highest BCUT2D eigenvalue weighted by molar-refractivity contribution is 9.10. The van der Waals surface area contributed by atoms with Crippen LogP contribution in [0.2, 0.25) is 0 Å². The Kier molecular flexibility index (Phi) is 4.54. The van der Waals surface area contributed by atoms with E-state index in [4.69, 9.17) is 4.74 Å². The molecule has 1 heterocycles. The van der Waals surface area contributed by atoms with Gasteiger partial charge in [0.1, 0.15) is 5.82 Å². The highest BCUT2D eigenvalue weighted by Gasteiger charge is 2.17. The van der Waals surface area contributed by atoms with Crippen LogP contribution in [0.25, 0.3) is 0 Å². The Morgan fingerprint density at radius 1 is 1.59 bits per heavy atom. The van der Waals surface area contributed by atoms with Crippen molar-refractivity contribution in [1.82, 2.24) is 5.32 Å². The van der Waals surface area contributed by atoms with Crippen molar-refractivity contribution in [3.05, 3.63) is 34.1 Å². The van der Waals surface area contributed by atoms with Crippen molar-refractivity contribution in [2.24, 2.45) is 5.92 Å². The minimum atomic E-state index is -0.211. The van der Waals surface area contributed by atoms with Crippen LogP contribution in [0.3, 0.4) is 0 Å². The van der Waals surface area contributed by atoms with Crippen molar-refractivity contribution in [3.63, 3.8) is 0 Å². The average Bonchev–Trinajstić information content (AvgIpc) is 2.78. The number of nitrogens with one attached hydrogen (secondary N) is 1. The molecule has 1 fully saturated rings. The number of hydrogen-bond donors (Lipinski definition) is 1. The van der Waals surface area contributed by atoms with Gasteiger partial charge in [0.15, 0.2) is 0 Å². The van der Waals surface area contributed by atoms with E-state index in [1.807, 2.05) is 6.07 Å². The van der Waals surface area contributed by atoms with Gasteiger partial charge in [-0.15, -0.1) is 0 Å². The molecular formula is C13H17BrFNO. The Morgan fingerprint density at radius 3 is 3.06 bits per heavy atom. The lowest BCUT2D eigenvalue weighted by Crippen LogP contribution is -2.26. The van der Waals surface area contributed by atoms with E-state index in [-0.39, 0.29) is 11.9 Å². The maximum absolute atomic E-state index is 13.0. The zero-order valence-corrected chi connectivity index (χ0v) is 11.5. The van der Waals surface area contributed by atoms with Crippen molar-refractivity contribution in [3.8, 4) is 0 Å². The fourth-order valence-corrected chi connectivity index (χ4v) is 2.74. The summed E-state index contributed by atoms with van der Waals surface area (Å²) in [5, 5.41) is 3.47. The number of ether oxygens (including phenoxy) is 1. The third kappa shape index (κ3) is 3.50. The molecule has 1 aliphatic rings. The monoisotopic (exact) mass is 301 g/mol. The van der Waals surface area contributed by atoms with E-state index in [0.29, 0.717) is 5.92 Å². The highest BCUT2D eigenvalue weighted by Crippen LogP contribution is 2.24. The molecule has 0 radical (unpaired) electrons. The molecule has 0 aromatic heterocycles. The van der Waals surface area contributed by atoms with E-state index in [1.165, 1.54) is 12.1 Å². The second-order valence-corrected chi connectivity index (χ2v) is 5.38. The third-order valence-electron chi connectivity index (χ3n) is 3.17. The molecule has 0 bridgehead atoms. The standard InChI is InChI=1S/C13H17BrFNO/c1-9(16-7-10-4-5-17-8-10)12-3-2-11(15)6-13(12)14/h2-3,6,9-10,16H,4-5,7-8H2,1H3. The zero-order valence-electron chi connectivity index (χ0n) is 9.88. The largest absolute Gasteiger partial charge is 0.381 e. The van der Waals surface area contributed by atoms with Crippen molar-refractivity contribution >= 4 is 15.9 Å². The smallest absolute Gasteiger partial charge is 0.124 e. The first-order chi connectivity index (χ1) is 8.16. The maximum atomic E-state index is 13.0. The number of rotatable bonds is 4. The molecule has 2 unspecified atom stereocenters. The molecule has 1 saturated heterocycles. The van der Waals surface area contributed by atoms with Crippen LogP contribution in [-0.4, -0.2) is 19.8 Å². The first kappa shape index (κ1) is 13.0. The van der Waals surface area contributed by atoms with E-state index in [1.54, 1.807) is 0 Å². The van der Waals surface area contributed by atoms with Gasteiger partial charge in [-0.25, -0.2) is 4.39 Å². The molecule has 1 N–H and O–H groups in total. The van der Waals surface area contributed by atoms with Gasteiger partial charge in [-0.3, -0.25) is 0 Å². The SMILES string of the molecule is CC(NCC1CCOC1)c1ccc(F)cc1Br. The summed E-state index contributed by atoms with van der Waals surface area (Å²) in [6, 6.07) is 5.04. The molecule has 1 aliphatic heterocycles. The van der Waals surface area contributed by atoms with Crippen LogP contribution < -0.4 is 5.32 Å². The van der Waals surface area contributed by atoms with Crippen molar-refractivity contribution < 1.29 is 9.13 Å². The van der Waals surface area contributed by atoms with Crippen LogP contribution in [0.4, 0.5) is 4.39 Å². The van der Waals surface area contributed by atoms with Gasteiger partial charge in [0, 0.05) is 23.7 Å². The van der Waals surface area contributed by atoms with Gasteiger partial charge < -0.3 is 10.1 Å². The van der Waals surface area contributed by atoms with E-state index >= 15 is 0 Å². The lowest BCUT2D eigenvalue weighted by Gasteiger charge is -2.18. The van der Waals surface area contributed by atoms with Gasteiger partial charge in [0.25, 0.3) is 0 Å². The quantitative estimate of drug-likeness (QED) is 0.921. The topological polar surface area (TPSA) is 21.3 Å². The van der Waals surface area contributed by atoms with E-state index in [2.05, 4.69) is 28.2 Å². The van der Waals surface area contributed by atoms with E-state index in [0.717, 1.165) is 36.2 Å². The summed E-state index contributed by atoms with van der Waals surface area (Å²) >= 11 is 3.40. The van der Waals surface area contributed by atoms with Crippen LogP contribution >= 0.6 is 15.9 Å². The Morgan fingerprint density at radius 2 is 2.41 bits per heavy atom. The molecule has 0 amide bonds. The Balaban J connectivity index is 1.91. The van der Waals surface area contributed by atoms with Crippen LogP contribution in [0, 0.1) is 11.7 Å². The van der Waals surface area contributed by atoms with Gasteiger partial charge in [-0.2, -0.15) is 0 Å². The van der Waals surface area contributed by atoms with E-state index in [9.17, 15) is 4.39 Å². The maximum Gasteiger partial charge on any atom is 0.124 e. The lowest BCUT2D eigenvalue weighted by molar-refractivity contribution is 0.184. The predicted molar refractivity (Wildman–Crippen MR) is 69.4 cm³/mol. The lowest BCUT2D eigenvalue weighted by atomic mass is 10.1. The van der Waals surface area contributed by atoms with E-state index < -0.39 is 0 Å². The van der Waals surface area contributed by atoms with Gasteiger partial charge in [0.05, 0.1) is 6.61 Å². The molecule has 1 aromatic rings. The van der Waals surface area contributed by atoms with Crippen molar-refractivity contribution in [2.45, 2.75) is 19.4 Å². The normalized spacial score (nSPS) is 21.7. The fourth-order valence-electron chi connectivity index (χ4n) is 2.05. The summed E-state index contributed by atoms with van der Waals surface area (Å²) in [5.74, 6) is 0.397. The average molecular weight is 302 g/mol. The molecule has 17 heavy (non-hydrogen) atoms. The van der Waals surface area contributed by atoms with Crippen LogP contribution in [0.15, 0.2) is 22.7 Å².